The molecule has 0 fully saturated rings. The zero-order valence-electron chi connectivity index (χ0n) is 21.5. The molecule has 0 atom stereocenters. The summed E-state index contributed by atoms with van der Waals surface area (Å²) < 4.78 is 61.4. The van der Waals surface area contributed by atoms with E-state index in [1.807, 2.05) is 6.92 Å². The average Bonchev–Trinajstić information content (AvgIpc) is 2.93. The number of anilines is 3. The molecule has 0 aromatic heterocycles. The second-order valence-electron chi connectivity index (χ2n) is 8.68. The Labute approximate surface area is 238 Å². The van der Waals surface area contributed by atoms with Crippen LogP contribution in [0, 0.1) is 6.92 Å². The van der Waals surface area contributed by atoms with Crippen LogP contribution in [0.5, 0.6) is 5.75 Å². The predicted molar refractivity (Wildman–Crippen MR) is 156 cm³/mol. The molecule has 0 saturated heterocycles. The number of hydrogen-bond donors (Lipinski definition) is 2. The van der Waals surface area contributed by atoms with E-state index in [1.54, 1.807) is 36.4 Å². The molecule has 0 aliphatic heterocycles. The molecule has 0 aliphatic rings. The molecule has 0 heterocycles. The summed E-state index contributed by atoms with van der Waals surface area (Å²) in [6.45, 7) is 1.29. The van der Waals surface area contributed by atoms with Gasteiger partial charge in [-0.3, -0.25) is 13.8 Å². The van der Waals surface area contributed by atoms with Crippen LogP contribution < -0.4 is 19.1 Å². The van der Waals surface area contributed by atoms with Gasteiger partial charge in [0.15, 0.2) is 0 Å². The smallest absolute Gasteiger partial charge is 0.264 e. The maximum absolute atomic E-state index is 13.4. The number of nitrogens with zero attached hydrogens (tertiary/aromatic N) is 1. The lowest BCUT2D eigenvalue weighted by Gasteiger charge is -2.24. The second-order valence-corrected chi connectivity index (χ2v) is 12.7. The Morgan fingerprint density at radius 1 is 0.850 bits per heavy atom. The van der Waals surface area contributed by atoms with Crippen molar-refractivity contribution in [3.63, 3.8) is 0 Å². The maximum atomic E-state index is 13.4. The zero-order valence-corrected chi connectivity index (χ0v) is 23.9. The van der Waals surface area contributed by atoms with Crippen LogP contribution in [-0.4, -0.2) is 36.4 Å². The molecule has 4 rings (SSSR count). The third kappa shape index (κ3) is 6.74. The molecule has 2 N–H and O–H groups in total. The Bertz CT molecular complexity index is 1710. The highest BCUT2D eigenvalue weighted by Gasteiger charge is 2.27. The highest BCUT2D eigenvalue weighted by atomic mass is 35.5. The minimum atomic E-state index is -4.09. The van der Waals surface area contributed by atoms with Gasteiger partial charge >= 0.3 is 0 Å². The highest BCUT2D eigenvalue weighted by Crippen LogP contribution is 2.29. The van der Waals surface area contributed by atoms with Crippen molar-refractivity contribution in [2.75, 3.05) is 28.0 Å². The van der Waals surface area contributed by atoms with Crippen LogP contribution >= 0.6 is 11.6 Å². The van der Waals surface area contributed by atoms with Gasteiger partial charge in [0.25, 0.3) is 20.0 Å². The lowest BCUT2D eigenvalue weighted by Crippen LogP contribution is -2.38. The quantitative estimate of drug-likeness (QED) is 0.255. The molecule has 40 heavy (non-hydrogen) atoms. The minimum absolute atomic E-state index is 0.0186. The van der Waals surface area contributed by atoms with Crippen molar-refractivity contribution in [2.24, 2.45) is 0 Å². The van der Waals surface area contributed by atoms with Crippen LogP contribution in [0.3, 0.4) is 0 Å². The van der Waals surface area contributed by atoms with E-state index in [2.05, 4.69) is 10.0 Å². The second kappa shape index (κ2) is 12.0. The van der Waals surface area contributed by atoms with Gasteiger partial charge in [-0.05, 0) is 85.3 Å². The first kappa shape index (κ1) is 28.9. The van der Waals surface area contributed by atoms with Gasteiger partial charge < -0.3 is 10.1 Å². The van der Waals surface area contributed by atoms with Crippen molar-refractivity contribution in [3.8, 4) is 5.75 Å². The number of carbonyl (C=O) groups excluding carboxylic acids is 1. The molecule has 4 aromatic rings. The molecular weight excluding hydrogens is 574 g/mol. The van der Waals surface area contributed by atoms with Gasteiger partial charge in [-0.1, -0.05) is 35.9 Å². The van der Waals surface area contributed by atoms with E-state index < -0.39 is 32.5 Å². The number of benzene rings is 4. The first-order valence-corrected chi connectivity index (χ1v) is 15.2. The molecule has 12 heteroatoms. The van der Waals surface area contributed by atoms with Gasteiger partial charge in [0, 0.05) is 10.7 Å². The molecule has 0 aliphatic carbocycles. The Hall–Kier alpha value is -4.06. The number of hydrogen-bond acceptors (Lipinski definition) is 6. The fourth-order valence-corrected chi connectivity index (χ4v) is 6.43. The lowest BCUT2D eigenvalue weighted by atomic mass is 10.2. The monoisotopic (exact) mass is 599 g/mol. The molecule has 208 valence electrons. The molecule has 0 spiro atoms. The number of amides is 1. The van der Waals surface area contributed by atoms with Crippen LogP contribution in [0.1, 0.15) is 5.56 Å². The number of nitrogens with one attached hydrogen (secondary N) is 2. The van der Waals surface area contributed by atoms with E-state index in [0.29, 0.717) is 16.5 Å². The van der Waals surface area contributed by atoms with Crippen LogP contribution in [0.15, 0.2) is 107 Å². The molecule has 4 aromatic carbocycles. The van der Waals surface area contributed by atoms with Gasteiger partial charge in [0.1, 0.15) is 12.3 Å². The number of ether oxygens (including phenoxy) is 1. The number of aryl methyl sites for hydroxylation is 1. The molecule has 0 saturated carbocycles. The summed E-state index contributed by atoms with van der Waals surface area (Å²) in [5.74, 6) is -0.263. The largest absolute Gasteiger partial charge is 0.495 e. The summed E-state index contributed by atoms with van der Waals surface area (Å²) in [5.41, 5.74) is 1.67. The summed E-state index contributed by atoms with van der Waals surface area (Å²) >= 11 is 5.97. The first-order chi connectivity index (χ1) is 19.0. The average molecular weight is 600 g/mol. The van der Waals surface area contributed by atoms with Crippen molar-refractivity contribution in [1.82, 2.24) is 0 Å². The highest BCUT2D eigenvalue weighted by molar-refractivity contribution is 7.93. The first-order valence-electron chi connectivity index (χ1n) is 11.9. The number of rotatable bonds is 10. The van der Waals surface area contributed by atoms with Crippen LogP contribution in [0.25, 0.3) is 0 Å². The predicted octanol–water partition coefficient (Wildman–Crippen LogP) is 5.29. The molecule has 9 nitrogen and oxygen atoms in total. The summed E-state index contributed by atoms with van der Waals surface area (Å²) in [6.07, 6.45) is 0. The van der Waals surface area contributed by atoms with E-state index >= 15 is 0 Å². The van der Waals surface area contributed by atoms with Crippen LogP contribution in [0.4, 0.5) is 17.1 Å². The van der Waals surface area contributed by atoms with E-state index in [4.69, 9.17) is 16.3 Å². The number of carbonyl (C=O) groups is 1. The Morgan fingerprint density at radius 2 is 1.50 bits per heavy atom. The normalized spacial score (nSPS) is 11.5. The minimum Gasteiger partial charge on any atom is -0.495 e. The molecule has 0 unspecified atom stereocenters. The van der Waals surface area contributed by atoms with Crippen LogP contribution in [0.2, 0.25) is 5.02 Å². The zero-order chi connectivity index (χ0) is 28.9. The number of methoxy groups -OCH3 is 1. The van der Waals surface area contributed by atoms with Crippen molar-refractivity contribution in [2.45, 2.75) is 16.7 Å². The summed E-state index contributed by atoms with van der Waals surface area (Å²) in [5, 5.41) is 3.04. The lowest BCUT2D eigenvalue weighted by molar-refractivity contribution is -0.114. The van der Waals surface area contributed by atoms with Crippen LogP contribution in [-0.2, 0) is 24.8 Å². The Balaban J connectivity index is 1.52. The van der Waals surface area contributed by atoms with Gasteiger partial charge in [0.2, 0.25) is 5.91 Å². The summed E-state index contributed by atoms with van der Waals surface area (Å²) in [7, 11) is -6.60. The van der Waals surface area contributed by atoms with Crippen molar-refractivity contribution in [3.05, 3.63) is 108 Å². The summed E-state index contributed by atoms with van der Waals surface area (Å²) in [6, 6.07) is 24.4. The van der Waals surface area contributed by atoms with E-state index in [9.17, 15) is 21.6 Å². The third-order valence-corrected chi connectivity index (χ3v) is 9.20. The Kier molecular flexibility index (Phi) is 8.67. The summed E-state index contributed by atoms with van der Waals surface area (Å²) in [4.78, 5) is 13.0. The molecule has 1 amide bonds. The van der Waals surface area contributed by atoms with Gasteiger partial charge in [0.05, 0.1) is 28.3 Å². The van der Waals surface area contributed by atoms with Crippen molar-refractivity contribution in [1.29, 1.82) is 0 Å². The van der Waals surface area contributed by atoms with Gasteiger partial charge in [-0.25, -0.2) is 16.8 Å². The van der Waals surface area contributed by atoms with E-state index in [0.717, 1.165) is 9.87 Å². The van der Waals surface area contributed by atoms with Crippen molar-refractivity contribution < 1.29 is 26.4 Å². The van der Waals surface area contributed by atoms with E-state index in [-0.39, 0.29) is 21.2 Å². The number of sulfonamides is 2. The molecular formula is C28H26ClN3O6S2. The fraction of sp³-hybridized carbons (Fsp3) is 0.107. The standard InChI is InChI=1S/C28H26ClN3O6S2/c1-20-8-17-27(38-2)26(18-20)31-39(34,35)24-15-11-22(12-16-24)30-28(33)19-32(23-13-9-21(29)10-14-23)40(36,37)25-6-4-3-5-7-25/h3-18,31H,19H2,1-2H3,(H,30,33). The SMILES string of the molecule is COc1ccc(C)cc1NS(=O)(=O)c1ccc(NC(=O)CN(c2ccc(Cl)cc2)S(=O)(=O)c2ccccc2)cc1. The topological polar surface area (TPSA) is 122 Å². The van der Waals surface area contributed by atoms with Gasteiger partial charge in [-0.15, -0.1) is 0 Å². The van der Waals surface area contributed by atoms with Crippen molar-refractivity contribution >= 4 is 54.6 Å². The number of halogens is 1. The molecule has 0 bridgehead atoms. The fourth-order valence-electron chi connectivity index (χ4n) is 3.80. The van der Waals surface area contributed by atoms with Gasteiger partial charge in [-0.2, -0.15) is 0 Å². The Morgan fingerprint density at radius 3 is 2.12 bits per heavy atom. The third-order valence-electron chi connectivity index (χ3n) is 5.78. The van der Waals surface area contributed by atoms with E-state index in [1.165, 1.54) is 67.8 Å². The maximum Gasteiger partial charge on any atom is 0.264 e. The molecule has 0 radical (unpaired) electrons.